The Morgan fingerprint density at radius 1 is 0.833 bits per heavy atom. The van der Waals surface area contributed by atoms with Gasteiger partial charge in [-0.1, -0.05) is 92.7 Å². The van der Waals surface area contributed by atoms with Gasteiger partial charge in [0.1, 0.15) is 18.2 Å². The van der Waals surface area contributed by atoms with Crippen molar-refractivity contribution in [2.45, 2.75) is 19.8 Å². The molecule has 4 aromatic carbocycles. The number of hydrogen-bond donors (Lipinski definition) is 0. The fourth-order valence-corrected chi connectivity index (χ4v) is 3.75. The highest BCUT2D eigenvalue weighted by molar-refractivity contribution is 5.89. The number of ether oxygens (including phenoxy) is 1. The first kappa shape index (κ1) is 19.9. The zero-order chi connectivity index (χ0) is 20.9. The molecule has 4 aromatic rings. The number of rotatable bonds is 7. The molecule has 30 heavy (non-hydrogen) atoms. The van der Waals surface area contributed by atoms with E-state index in [0.717, 1.165) is 40.7 Å². The van der Waals surface area contributed by atoms with Crippen molar-refractivity contribution in [3.8, 4) is 28.0 Å². The van der Waals surface area contributed by atoms with E-state index < -0.39 is 0 Å². The third-order valence-corrected chi connectivity index (χ3v) is 5.31. The Morgan fingerprint density at radius 2 is 1.50 bits per heavy atom. The van der Waals surface area contributed by atoms with Crippen LogP contribution >= 0.6 is 0 Å². The maximum absolute atomic E-state index is 15.2. The van der Waals surface area contributed by atoms with Crippen LogP contribution in [0.4, 0.5) is 4.39 Å². The molecule has 0 amide bonds. The van der Waals surface area contributed by atoms with Gasteiger partial charge in [-0.15, -0.1) is 0 Å². The van der Waals surface area contributed by atoms with Crippen LogP contribution in [0.3, 0.4) is 0 Å². The molecule has 0 aliphatic heterocycles. The summed E-state index contributed by atoms with van der Waals surface area (Å²) < 4.78 is 20.8. The second kappa shape index (κ2) is 8.96. The Labute approximate surface area is 177 Å². The normalized spacial score (nSPS) is 10.9. The minimum atomic E-state index is -0.160. The van der Waals surface area contributed by atoms with Crippen molar-refractivity contribution < 1.29 is 9.13 Å². The standard InChI is InChI=1S/C28H25FO/c1-3-5-20-6-16-27-24(19-20)13-17-26(28(27)29)23-9-7-21(8-10-23)22-11-14-25(15-12-22)30-18-4-2/h4,6-17,19H,2-3,5,18H2,1H3. The van der Waals surface area contributed by atoms with E-state index >= 15 is 4.39 Å². The first-order chi connectivity index (χ1) is 14.7. The molecule has 0 saturated heterocycles. The molecule has 0 saturated carbocycles. The zero-order valence-corrected chi connectivity index (χ0v) is 17.2. The summed E-state index contributed by atoms with van der Waals surface area (Å²) in [7, 11) is 0. The van der Waals surface area contributed by atoms with E-state index in [0.29, 0.717) is 17.6 Å². The fraction of sp³-hybridized carbons (Fsp3) is 0.143. The minimum Gasteiger partial charge on any atom is -0.490 e. The van der Waals surface area contributed by atoms with Crippen LogP contribution in [-0.4, -0.2) is 6.61 Å². The molecule has 150 valence electrons. The molecule has 0 fully saturated rings. The lowest BCUT2D eigenvalue weighted by atomic mass is 9.96. The molecule has 0 spiro atoms. The van der Waals surface area contributed by atoms with Crippen LogP contribution in [-0.2, 0) is 6.42 Å². The first-order valence-corrected chi connectivity index (χ1v) is 10.4. The lowest BCUT2D eigenvalue weighted by Gasteiger charge is -2.10. The van der Waals surface area contributed by atoms with Crippen LogP contribution in [0.5, 0.6) is 5.75 Å². The van der Waals surface area contributed by atoms with Gasteiger partial charge in [0.05, 0.1) is 0 Å². The highest BCUT2D eigenvalue weighted by atomic mass is 19.1. The summed E-state index contributed by atoms with van der Waals surface area (Å²) in [6, 6.07) is 25.9. The van der Waals surface area contributed by atoms with E-state index in [4.69, 9.17) is 4.74 Å². The Kier molecular flexibility index (Phi) is 5.94. The van der Waals surface area contributed by atoms with Crippen LogP contribution in [0.1, 0.15) is 18.9 Å². The molecule has 0 atom stereocenters. The van der Waals surface area contributed by atoms with E-state index in [9.17, 15) is 0 Å². The Balaban J connectivity index is 1.60. The van der Waals surface area contributed by atoms with Crippen LogP contribution in [0.25, 0.3) is 33.0 Å². The SMILES string of the molecule is C=CCOc1ccc(-c2ccc(-c3ccc4cc(CCC)ccc4c3F)cc2)cc1. The molecule has 0 heterocycles. The summed E-state index contributed by atoms with van der Waals surface area (Å²) in [6.45, 7) is 6.30. The molecule has 0 unspecified atom stereocenters. The average molecular weight is 397 g/mol. The van der Waals surface area contributed by atoms with Crippen molar-refractivity contribution in [2.24, 2.45) is 0 Å². The number of hydrogen-bond acceptors (Lipinski definition) is 1. The molecular formula is C28H25FO. The highest BCUT2D eigenvalue weighted by Gasteiger charge is 2.10. The van der Waals surface area contributed by atoms with Gasteiger partial charge >= 0.3 is 0 Å². The molecule has 0 aliphatic rings. The van der Waals surface area contributed by atoms with Crippen LogP contribution in [0.2, 0.25) is 0 Å². The van der Waals surface area contributed by atoms with Gasteiger partial charge in [-0.2, -0.15) is 0 Å². The van der Waals surface area contributed by atoms with Gasteiger partial charge < -0.3 is 4.74 Å². The van der Waals surface area contributed by atoms with Gasteiger partial charge in [-0.05, 0) is 46.2 Å². The predicted molar refractivity (Wildman–Crippen MR) is 124 cm³/mol. The summed E-state index contributed by atoms with van der Waals surface area (Å²) in [5.74, 6) is 0.655. The quantitative estimate of drug-likeness (QED) is 0.289. The van der Waals surface area contributed by atoms with Crippen molar-refractivity contribution in [3.63, 3.8) is 0 Å². The van der Waals surface area contributed by atoms with Crippen LogP contribution in [0.15, 0.2) is 91.5 Å². The Bertz CT molecular complexity index is 1160. The third kappa shape index (κ3) is 4.13. The van der Waals surface area contributed by atoms with Gasteiger partial charge in [0.2, 0.25) is 0 Å². The fourth-order valence-electron chi connectivity index (χ4n) is 3.75. The second-order valence-corrected chi connectivity index (χ2v) is 7.43. The van der Waals surface area contributed by atoms with Gasteiger partial charge in [0.25, 0.3) is 0 Å². The Morgan fingerprint density at radius 3 is 2.17 bits per heavy atom. The molecule has 0 aliphatic carbocycles. The Hall–Kier alpha value is -3.39. The van der Waals surface area contributed by atoms with Crippen molar-refractivity contribution in [2.75, 3.05) is 6.61 Å². The summed E-state index contributed by atoms with van der Waals surface area (Å²) in [4.78, 5) is 0. The molecule has 0 bridgehead atoms. The van der Waals surface area contributed by atoms with E-state index in [1.54, 1.807) is 6.08 Å². The number of halogens is 1. The van der Waals surface area contributed by atoms with Crippen molar-refractivity contribution in [1.82, 2.24) is 0 Å². The van der Waals surface area contributed by atoms with Gasteiger partial charge in [-0.3, -0.25) is 0 Å². The van der Waals surface area contributed by atoms with Crippen LogP contribution < -0.4 is 4.74 Å². The lowest BCUT2D eigenvalue weighted by molar-refractivity contribution is 0.363. The zero-order valence-electron chi connectivity index (χ0n) is 17.2. The maximum Gasteiger partial charge on any atom is 0.138 e. The van der Waals surface area contributed by atoms with Crippen molar-refractivity contribution in [1.29, 1.82) is 0 Å². The summed E-state index contributed by atoms with van der Waals surface area (Å²) in [6.07, 6.45) is 3.83. The highest BCUT2D eigenvalue weighted by Crippen LogP contribution is 2.31. The van der Waals surface area contributed by atoms with E-state index in [1.165, 1.54) is 5.56 Å². The molecule has 0 N–H and O–H groups in total. The van der Waals surface area contributed by atoms with Crippen molar-refractivity contribution >= 4 is 10.8 Å². The maximum atomic E-state index is 15.2. The molecular weight excluding hydrogens is 371 g/mol. The third-order valence-electron chi connectivity index (χ3n) is 5.31. The molecule has 0 radical (unpaired) electrons. The number of aryl methyl sites for hydroxylation is 1. The summed E-state index contributed by atoms with van der Waals surface area (Å²) >= 11 is 0. The van der Waals surface area contributed by atoms with Gasteiger partial charge in [-0.25, -0.2) is 4.39 Å². The van der Waals surface area contributed by atoms with Crippen LogP contribution in [0, 0.1) is 5.82 Å². The minimum absolute atomic E-state index is 0.160. The topological polar surface area (TPSA) is 9.23 Å². The molecule has 2 heteroatoms. The lowest BCUT2D eigenvalue weighted by Crippen LogP contribution is -1.92. The van der Waals surface area contributed by atoms with Gasteiger partial charge in [0, 0.05) is 10.9 Å². The summed E-state index contributed by atoms with van der Waals surface area (Å²) in [5.41, 5.74) is 4.93. The molecule has 1 nitrogen and oxygen atoms in total. The largest absolute Gasteiger partial charge is 0.490 e. The smallest absolute Gasteiger partial charge is 0.138 e. The van der Waals surface area contributed by atoms with E-state index in [1.807, 2.05) is 72.8 Å². The molecule has 0 aromatic heterocycles. The average Bonchev–Trinajstić information content (AvgIpc) is 2.79. The second-order valence-electron chi connectivity index (χ2n) is 7.43. The molecule has 4 rings (SSSR count). The van der Waals surface area contributed by atoms with Crippen molar-refractivity contribution in [3.05, 3.63) is 103 Å². The van der Waals surface area contributed by atoms with E-state index in [-0.39, 0.29) is 5.82 Å². The van der Waals surface area contributed by atoms with Gasteiger partial charge in [0.15, 0.2) is 0 Å². The monoisotopic (exact) mass is 396 g/mol. The van der Waals surface area contributed by atoms with E-state index in [2.05, 4.69) is 19.6 Å². The predicted octanol–water partition coefficient (Wildman–Crippen LogP) is 7.83. The number of benzene rings is 4. The summed E-state index contributed by atoms with van der Waals surface area (Å²) in [5, 5.41) is 1.63. The number of fused-ring (bicyclic) bond motifs is 1. The first-order valence-electron chi connectivity index (χ1n) is 10.4.